The lowest BCUT2D eigenvalue weighted by Gasteiger charge is -2.05. The number of aromatic amines is 1. The van der Waals surface area contributed by atoms with Crippen LogP contribution in [0.2, 0.25) is 0 Å². The van der Waals surface area contributed by atoms with Crippen LogP contribution in [0.25, 0.3) is 33.1 Å². The van der Waals surface area contributed by atoms with Gasteiger partial charge in [0.25, 0.3) is 0 Å². The molecule has 4 heterocycles. The molecule has 220 valence electrons. The Morgan fingerprint density at radius 1 is 0.800 bits per heavy atom. The van der Waals surface area contributed by atoms with Gasteiger partial charge in [0.15, 0.2) is 11.5 Å². The number of amides is 1. The number of nitrogens with one attached hydrogen (secondary N) is 1. The average molecular weight is 601 g/mol. The predicted molar refractivity (Wildman–Crippen MR) is 164 cm³/mol. The van der Waals surface area contributed by atoms with E-state index < -0.39 is 23.1 Å². The molecule has 1 N–H and O–H groups in total. The molecule has 0 atom stereocenters. The van der Waals surface area contributed by atoms with Crippen molar-refractivity contribution in [2.24, 2.45) is 10.2 Å². The van der Waals surface area contributed by atoms with Gasteiger partial charge in [0.05, 0.1) is 16.7 Å². The highest BCUT2D eigenvalue weighted by molar-refractivity contribution is 5.95. The molecule has 0 saturated heterocycles. The van der Waals surface area contributed by atoms with E-state index in [1.807, 2.05) is 37.3 Å². The number of carbonyl (C=O) groups excluding carboxylic acids is 1. The van der Waals surface area contributed by atoms with Gasteiger partial charge < -0.3 is 4.98 Å². The molecule has 1 aliphatic heterocycles. The van der Waals surface area contributed by atoms with E-state index in [-0.39, 0.29) is 17.3 Å². The van der Waals surface area contributed by atoms with E-state index in [1.165, 1.54) is 16.8 Å². The van der Waals surface area contributed by atoms with Gasteiger partial charge in [0.1, 0.15) is 5.82 Å². The first-order valence-corrected chi connectivity index (χ1v) is 13.7. The number of aromatic nitrogens is 6. The number of aryl methyl sites for hydroxylation is 1. The van der Waals surface area contributed by atoms with E-state index in [0.717, 1.165) is 25.7 Å². The molecule has 45 heavy (non-hydrogen) atoms. The van der Waals surface area contributed by atoms with Crippen LogP contribution in [0.3, 0.4) is 0 Å². The SMILES string of the molecule is Cc1ccc(-n2nc3c4cc(Cc5cccc(F)c5)ccc4[nH]c(=O)n3c2=O)cc1.O=C1N=Nc2c3ccccc3nc(=O)n21. The lowest BCUT2D eigenvalue weighted by atomic mass is 10.0. The Kier molecular flexibility index (Phi) is 6.54. The number of nitrogens with zero attached hydrogens (tertiary/aromatic N) is 7. The zero-order chi connectivity index (χ0) is 31.2. The Morgan fingerprint density at radius 2 is 1.58 bits per heavy atom. The third-order valence-corrected chi connectivity index (χ3v) is 7.31. The molecular weight excluding hydrogens is 579 g/mol. The number of halogens is 1. The fourth-order valence-corrected chi connectivity index (χ4v) is 5.16. The van der Waals surface area contributed by atoms with Crippen molar-refractivity contribution >= 4 is 39.3 Å². The number of benzene rings is 4. The van der Waals surface area contributed by atoms with Crippen molar-refractivity contribution in [3.63, 3.8) is 0 Å². The summed E-state index contributed by atoms with van der Waals surface area (Å²) < 4.78 is 16.6. The maximum absolute atomic E-state index is 13.5. The molecule has 1 aliphatic rings. The normalized spacial score (nSPS) is 12.1. The second-order valence-electron chi connectivity index (χ2n) is 10.4. The van der Waals surface area contributed by atoms with E-state index in [2.05, 4.69) is 25.3 Å². The molecule has 0 spiro atoms. The number of azo groups is 1. The van der Waals surface area contributed by atoms with Crippen molar-refractivity contribution in [1.29, 1.82) is 0 Å². The minimum Gasteiger partial charge on any atom is -0.306 e. The molecule has 0 fully saturated rings. The van der Waals surface area contributed by atoms with Crippen molar-refractivity contribution in [3.05, 3.63) is 145 Å². The van der Waals surface area contributed by atoms with Gasteiger partial charge in [0.2, 0.25) is 0 Å². The minimum atomic E-state index is -0.687. The highest BCUT2D eigenvalue weighted by atomic mass is 19.1. The summed E-state index contributed by atoms with van der Waals surface area (Å²) in [5.74, 6) is -0.0287. The van der Waals surface area contributed by atoms with E-state index in [1.54, 1.807) is 48.5 Å². The molecule has 8 rings (SSSR count). The Morgan fingerprint density at radius 3 is 2.38 bits per heavy atom. The highest BCUT2D eigenvalue weighted by Gasteiger charge is 2.21. The number of hydrogen-bond donors (Lipinski definition) is 1. The van der Waals surface area contributed by atoms with E-state index in [0.29, 0.717) is 33.9 Å². The van der Waals surface area contributed by atoms with E-state index in [4.69, 9.17) is 0 Å². The summed E-state index contributed by atoms with van der Waals surface area (Å²) in [7, 11) is 0. The molecule has 7 aromatic rings. The van der Waals surface area contributed by atoms with Gasteiger partial charge in [-0.3, -0.25) is 0 Å². The first-order chi connectivity index (χ1) is 21.8. The van der Waals surface area contributed by atoms with Crippen molar-refractivity contribution in [2.45, 2.75) is 13.3 Å². The van der Waals surface area contributed by atoms with Crippen LogP contribution >= 0.6 is 0 Å². The zero-order valence-electron chi connectivity index (χ0n) is 23.5. The molecule has 0 aliphatic carbocycles. The first-order valence-electron chi connectivity index (χ1n) is 13.7. The van der Waals surface area contributed by atoms with Crippen LogP contribution in [-0.2, 0) is 6.42 Å². The Balaban J connectivity index is 0.000000181. The number of carbonyl (C=O) groups is 1. The van der Waals surface area contributed by atoms with Crippen molar-refractivity contribution in [1.82, 2.24) is 28.7 Å². The van der Waals surface area contributed by atoms with Crippen LogP contribution in [0.4, 0.5) is 15.0 Å². The number of hydrogen-bond acceptors (Lipinski definition) is 7. The smallest absolute Gasteiger partial charge is 0.306 e. The molecule has 13 heteroatoms. The van der Waals surface area contributed by atoms with Crippen LogP contribution in [0, 0.1) is 12.7 Å². The topological polar surface area (TPSA) is 149 Å². The summed E-state index contributed by atoms with van der Waals surface area (Å²) in [6, 6.07) is 25.6. The molecule has 12 nitrogen and oxygen atoms in total. The quantitative estimate of drug-likeness (QED) is 0.307. The molecule has 0 radical (unpaired) electrons. The maximum Gasteiger partial charge on any atom is 0.376 e. The summed E-state index contributed by atoms with van der Waals surface area (Å²) >= 11 is 0. The number of fused-ring (bicyclic) bond motifs is 6. The molecule has 0 unspecified atom stereocenters. The van der Waals surface area contributed by atoms with E-state index >= 15 is 0 Å². The van der Waals surface area contributed by atoms with Gasteiger partial charge in [-0.2, -0.15) is 18.6 Å². The molecule has 4 aromatic carbocycles. The number of para-hydroxylation sites is 1. The van der Waals surface area contributed by atoms with Gasteiger partial charge in [-0.1, -0.05) is 53.1 Å². The van der Waals surface area contributed by atoms with Gasteiger partial charge >= 0.3 is 23.1 Å². The summed E-state index contributed by atoms with van der Waals surface area (Å²) in [5, 5.41) is 12.7. The Labute approximate surface area is 251 Å². The third kappa shape index (κ3) is 4.91. The minimum absolute atomic E-state index is 0.260. The van der Waals surface area contributed by atoms with Gasteiger partial charge in [0, 0.05) is 10.8 Å². The summed E-state index contributed by atoms with van der Waals surface area (Å²) in [4.78, 5) is 54.6. The first kappa shape index (κ1) is 27.5. The Bertz CT molecular complexity index is 2530. The second kappa shape index (κ2) is 10.7. The van der Waals surface area contributed by atoms with E-state index in [9.17, 15) is 23.6 Å². The van der Waals surface area contributed by atoms with Crippen molar-refractivity contribution in [2.75, 3.05) is 0 Å². The monoisotopic (exact) mass is 600 g/mol. The lowest BCUT2D eigenvalue weighted by Crippen LogP contribution is -2.29. The molecule has 0 bridgehead atoms. The highest BCUT2D eigenvalue weighted by Crippen LogP contribution is 2.26. The van der Waals surface area contributed by atoms with Crippen LogP contribution < -0.4 is 17.1 Å². The van der Waals surface area contributed by atoms with Gasteiger partial charge in [-0.15, -0.1) is 10.2 Å². The van der Waals surface area contributed by atoms with Crippen molar-refractivity contribution in [3.8, 4) is 5.69 Å². The summed E-state index contributed by atoms with van der Waals surface area (Å²) in [5.41, 5.74) is 3.04. The zero-order valence-corrected chi connectivity index (χ0v) is 23.5. The Hall–Kier alpha value is -6.37. The largest absolute Gasteiger partial charge is 0.376 e. The number of rotatable bonds is 3. The molecule has 0 saturated carbocycles. The van der Waals surface area contributed by atoms with Crippen LogP contribution in [0.15, 0.2) is 116 Å². The fraction of sp³-hybridized carbons (Fsp3) is 0.0625. The molecule has 1 amide bonds. The number of H-pyrrole nitrogens is 1. The third-order valence-electron chi connectivity index (χ3n) is 7.31. The van der Waals surface area contributed by atoms with Crippen LogP contribution in [0.5, 0.6) is 0 Å². The van der Waals surface area contributed by atoms with Crippen molar-refractivity contribution < 1.29 is 9.18 Å². The summed E-state index contributed by atoms with van der Waals surface area (Å²) in [6.07, 6.45) is 0.516. The molecular formula is C32H21FN8O4. The molecule has 3 aromatic heterocycles. The predicted octanol–water partition coefficient (Wildman–Crippen LogP) is 4.83. The lowest BCUT2D eigenvalue weighted by molar-refractivity contribution is 0.251. The average Bonchev–Trinajstić information content (AvgIpc) is 3.59. The van der Waals surface area contributed by atoms with Gasteiger partial charge in [-0.05, 0) is 73.0 Å². The standard InChI is InChI=1S/C23H17FN4O2.C9H4N4O2/c1-14-5-8-18(9-6-14)28-23(30)27-21(26-28)19-13-16(7-10-20(19)25-22(27)29)11-15-3-2-4-17(24)12-15;14-8-10-6-4-2-1-3-5(6)7-11-12-9(15)13(7)8/h2-10,12-13H,11H2,1H3,(H,25,29);1-4H. The second-order valence-corrected chi connectivity index (χ2v) is 10.4. The maximum atomic E-state index is 13.5. The van der Waals surface area contributed by atoms with Gasteiger partial charge in [-0.25, -0.2) is 23.6 Å². The van der Waals surface area contributed by atoms with Crippen LogP contribution in [-0.4, -0.2) is 34.7 Å². The summed E-state index contributed by atoms with van der Waals surface area (Å²) in [6.45, 7) is 1.95. The van der Waals surface area contributed by atoms with Crippen LogP contribution in [0.1, 0.15) is 16.7 Å². The fourth-order valence-electron chi connectivity index (χ4n) is 5.16.